The lowest BCUT2D eigenvalue weighted by atomic mass is 10.1. The Kier molecular flexibility index (Phi) is 7.32. The van der Waals surface area contributed by atoms with Gasteiger partial charge in [0.1, 0.15) is 17.2 Å². The molecule has 0 spiro atoms. The van der Waals surface area contributed by atoms with E-state index in [-0.39, 0.29) is 18.4 Å². The molecule has 0 radical (unpaired) electrons. The van der Waals surface area contributed by atoms with Crippen LogP contribution in [0, 0.1) is 6.92 Å². The number of nitrogens with one attached hydrogen (secondary N) is 1. The lowest BCUT2D eigenvalue weighted by Crippen LogP contribution is -2.38. The fourth-order valence-electron chi connectivity index (χ4n) is 3.65. The molecule has 0 saturated heterocycles. The minimum absolute atomic E-state index is 0.00123. The molecule has 0 unspecified atom stereocenters. The van der Waals surface area contributed by atoms with E-state index in [1.807, 2.05) is 55.5 Å². The van der Waals surface area contributed by atoms with Crippen molar-refractivity contribution >= 4 is 23.2 Å². The van der Waals surface area contributed by atoms with Crippen molar-refractivity contribution in [1.82, 2.24) is 0 Å². The van der Waals surface area contributed by atoms with Crippen molar-refractivity contribution < 1.29 is 23.8 Å². The van der Waals surface area contributed by atoms with Crippen LogP contribution >= 0.6 is 0 Å². The third kappa shape index (κ3) is 5.86. The number of benzene rings is 3. The highest BCUT2D eigenvalue weighted by atomic mass is 16.5. The van der Waals surface area contributed by atoms with E-state index in [1.165, 1.54) is 0 Å². The first-order chi connectivity index (χ1) is 16.5. The van der Waals surface area contributed by atoms with Crippen molar-refractivity contribution in [3.63, 3.8) is 0 Å². The lowest BCUT2D eigenvalue weighted by Gasteiger charge is -2.30. The molecule has 0 bridgehead atoms. The monoisotopic (exact) mass is 460 g/mol. The number of nitrogens with zero attached hydrogens (tertiary/aromatic N) is 1. The van der Waals surface area contributed by atoms with Gasteiger partial charge in [0, 0.05) is 12.1 Å². The quantitative estimate of drug-likeness (QED) is 0.467. The van der Waals surface area contributed by atoms with Crippen LogP contribution in [0.2, 0.25) is 0 Å². The van der Waals surface area contributed by atoms with Crippen LogP contribution < -0.4 is 24.4 Å². The number of anilines is 2. The topological polar surface area (TPSA) is 77.1 Å². The van der Waals surface area contributed by atoms with Crippen molar-refractivity contribution in [2.45, 2.75) is 26.3 Å². The normalized spacial score (nSPS) is 12.5. The van der Waals surface area contributed by atoms with Crippen LogP contribution in [0.15, 0.2) is 66.7 Å². The molecule has 7 heteroatoms. The number of methoxy groups -OCH3 is 1. The smallest absolute Gasteiger partial charge is 0.265 e. The molecule has 34 heavy (non-hydrogen) atoms. The van der Waals surface area contributed by atoms with Gasteiger partial charge in [-0.05, 0) is 61.4 Å². The molecule has 4 rings (SSSR count). The van der Waals surface area contributed by atoms with Gasteiger partial charge in [-0.2, -0.15) is 0 Å². The van der Waals surface area contributed by atoms with Gasteiger partial charge in [0.2, 0.25) is 5.91 Å². The third-order valence-electron chi connectivity index (χ3n) is 5.52. The van der Waals surface area contributed by atoms with Crippen molar-refractivity contribution in [1.29, 1.82) is 0 Å². The summed E-state index contributed by atoms with van der Waals surface area (Å²) in [5.41, 5.74) is 3.46. The van der Waals surface area contributed by atoms with Gasteiger partial charge in [-0.15, -0.1) is 0 Å². The van der Waals surface area contributed by atoms with Crippen LogP contribution in [0.3, 0.4) is 0 Å². The Bertz CT molecular complexity index is 1140. The van der Waals surface area contributed by atoms with E-state index >= 15 is 0 Å². The summed E-state index contributed by atoms with van der Waals surface area (Å²) in [6.45, 7) is 2.89. The van der Waals surface area contributed by atoms with Gasteiger partial charge in [-0.3, -0.25) is 9.59 Å². The zero-order valence-corrected chi connectivity index (χ0v) is 19.4. The summed E-state index contributed by atoms with van der Waals surface area (Å²) in [6, 6.07) is 20.7. The highest BCUT2D eigenvalue weighted by molar-refractivity contribution is 5.99. The van der Waals surface area contributed by atoms with E-state index in [2.05, 4.69) is 5.32 Å². The summed E-state index contributed by atoms with van der Waals surface area (Å²) in [5.74, 6) is 1.88. The van der Waals surface area contributed by atoms with Crippen LogP contribution in [-0.4, -0.2) is 32.1 Å². The fraction of sp³-hybridized carbons (Fsp3) is 0.259. The molecule has 3 aromatic rings. The summed E-state index contributed by atoms with van der Waals surface area (Å²) in [6.07, 6.45) is 0.889. The Balaban J connectivity index is 1.33. The number of fused-ring (bicyclic) bond motifs is 1. The molecule has 3 aromatic carbocycles. The molecule has 0 aromatic heterocycles. The average molecular weight is 461 g/mol. The Morgan fingerprint density at radius 2 is 1.76 bits per heavy atom. The molecule has 1 N–H and O–H groups in total. The summed E-state index contributed by atoms with van der Waals surface area (Å²) < 4.78 is 16.4. The average Bonchev–Trinajstić information content (AvgIpc) is 2.85. The summed E-state index contributed by atoms with van der Waals surface area (Å²) in [5, 5.41) is 2.91. The molecular formula is C27H28N2O5. The molecule has 7 nitrogen and oxygen atoms in total. The Hall–Kier alpha value is -4.00. The van der Waals surface area contributed by atoms with Gasteiger partial charge in [0.05, 0.1) is 25.9 Å². The van der Waals surface area contributed by atoms with E-state index in [4.69, 9.17) is 14.2 Å². The van der Waals surface area contributed by atoms with Gasteiger partial charge < -0.3 is 24.4 Å². The summed E-state index contributed by atoms with van der Waals surface area (Å²) >= 11 is 0. The largest absolute Gasteiger partial charge is 0.497 e. The SMILES string of the molecule is COc1ccc(OCCCC(=O)Nc2ccc3c(c2)N(Cc2ccc(C)cc2)C(=O)CO3)cc1. The second-order valence-electron chi connectivity index (χ2n) is 8.11. The van der Waals surface area contributed by atoms with Gasteiger partial charge in [0.15, 0.2) is 6.61 Å². The Labute approximate surface area is 199 Å². The van der Waals surface area contributed by atoms with Gasteiger partial charge in [-0.1, -0.05) is 29.8 Å². The van der Waals surface area contributed by atoms with Crippen LogP contribution in [0.4, 0.5) is 11.4 Å². The number of rotatable bonds is 9. The maximum atomic E-state index is 12.6. The Morgan fingerprint density at radius 1 is 1.03 bits per heavy atom. The van der Waals surface area contributed by atoms with Crippen molar-refractivity contribution in [3.05, 3.63) is 77.9 Å². The first-order valence-electron chi connectivity index (χ1n) is 11.2. The Morgan fingerprint density at radius 3 is 2.50 bits per heavy atom. The van der Waals surface area contributed by atoms with E-state index in [0.717, 1.165) is 22.6 Å². The van der Waals surface area contributed by atoms with Gasteiger partial charge in [0.25, 0.3) is 5.91 Å². The maximum absolute atomic E-state index is 12.6. The van der Waals surface area contributed by atoms with Crippen molar-refractivity contribution in [3.8, 4) is 17.2 Å². The molecule has 176 valence electrons. The molecule has 0 atom stereocenters. The fourth-order valence-corrected chi connectivity index (χ4v) is 3.65. The van der Waals surface area contributed by atoms with Crippen LogP contribution in [0.1, 0.15) is 24.0 Å². The summed E-state index contributed by atoms with van der Waals surface area (Å²) in [4.78, 5) is 26.7. The number of carbonyl (C=O) groups is 2. The third-order valence-corrected chi connectivity index (χ3v) is 5.52. The number of ether oxygens (including phenoxy) is 3. The van der Waals surface area contributed by atoms with E-state index in [9.17, 15) is 9.59 Å². The zero-order chi connectivity index (χ0) is 23.9. The molecule has 1 heterocycles. The molecule has 0 fully saturated rings. The molecule has 1 aliphatic heterocycles. The molecule has 2 amide bonds. The van der Waals surface area contributed by atoms with E-state index < -0.39 is 0 Å². The van der Waals surface area contributed by atoms with Crippen LogP contribution in [0.25, 0.3) is 0 Å². The number of hydrogen-bond donors (Lipinski definition) is 1. The van der Waals surface area contributed by atoms with Crippen LogP contribution in [-0.2, 0) is 16.1 Å². The first kappa shape index (κ1) is 23.2. The van der Waals surface area contributed by atoms with E-state index in [0.29, 0.717) is 43.1 Å². The number of amides is 2. The highest BCUT2D eigenvalue weighted by Gasteiger charge is 2.26. The minimum Gasteiger partial charge on any atom is -0.497 e. The zero-order valence-electron chi connectivity index (χ0n) is 19.4. The number of carbonyl (C=O) groups excluding carboxylic acids is 2. The van der Waals surface area contributed by atoms with Crippen molar-refractivity contribution in [2.75, 3.05) is 30.5 Å². The standard InChI is InChI=1S/C27H28N2O5/c1-19-5-7-20(8-6-19)17-29-24-16-21(9-14-25(24)34-18-27(29)31)28-26(30)4-3-15-33-23-12-10-22(32-2)11-13-23/h5-14,16H,3-4,15,17-18H2,1-2H3,(H,28,30). The van der Waals surface area contributed by atoms with Gasteiger partial charge in [-0.25, -0.2) is 0 Å². The number of hydrogen-bond acceptors (Lipinski definition) is 5. The first-order valence-corrected chi connectivity index (χ1v) is 11.2. The molecular weight excluding hydrogens is 432 g/mol. The second-order valence-corrected chi connectivity index (χ2v) is 8.11. The minimum atomic E-state index is -0.119. The molecule has 0 aliphatic carbocycles. The molecule has 0 saturated carbocycles. The number of aryl methyl sites for hydroxylation is 1. The molecule has 1 aliphatic rings. The maximum Gasteiger partial charge on any atom is 0.265 e. The predicted molar refractivity (Wildman–Crippen MR) is 131 cm³/mol. The summed E-state index contributed by atoms with van der Waals surface area (Å²) in [7, 11) is 1.61. The van der Waals surface area contributed by atoms with Crippen molar-refractivity contribution in [2.24, 2.45) is 0 Å². The van der Waals surface area contributed by atoms with Gasteiger partial charge >= 0.3 is 0 Å². The second kappa shape index (κ2) is 10.7. The van der Waals surface area contributed by atoms with E-state index in [1.54, 1.807) is 30.2 Å². The lowest BCUT2D eigenvalue weighted by molar-refractivity contribution is -0.121. The predicted octanol–water partition coefficient (Wildman–Crippen LogP) is 4.73. The van der Waals surface area contributed by atoms with Crippen LogP contribution in [0.5, 0.6) is 17.2 Å². The highest BCUT2D eigenvalue weighted by Crippen LogP contribution is 2.35.